The molecule has 0 heterocycles. The van der Waals surface area contributed by atoms with Crippen molar-refractivity contribution in [2.24, 2.45) is 0 Å². The average molecular weight is 196 g/mol. The van der Waals surface area contributed by atoms with Crippen molar-refractivity contribution in [3.05, 3.63) is 35.4 Å². The van der Waals surface area contributed by atoms with Crippen LogP contribution in [0.25, 0.3) is 0 Å². The molecule has 1 rings (SSSR count). The van der Waals surface area contributed by atoms with Crippen LogP contribution in [0.3, 0.4) is 0 Å². The van der Waals surface area contributed by atoms with Gasteiger partial charge in [-0.2, -0.15) is 0 Å². The van der Waals surface area contributed by atoms with Crippen molar-refractivity contribution in [1.29, 1.82) is 0 Å². The van der Waals surface area contributed by atoms with Gasteiger partial charge in [-0.05, 0) is 24.0 Å². The molecule has 0 radical (unpaired) electrons. The Morgan fingerprint density at radius 2 is 2.07 bits per heavy atom. The first kappa shape index (κ1) is 11.2. The minimum atomic E-state index is -1.63. The molecule has 1 atom stereocenters. The van der Waals surface area contributed by atoms with Gasteiger partial charge in [-0.3, -0.25) is 0 Å². The first-order chi connectivity index (χ1) is 6.47. The Hall–Kier alpha value is -0.890. The van der Waals surface area contributed by atoms with Crippen molar-refractivity contribution < 1.29 is 9.50 Å². The molecule has 14 heavy (non-hydrogen) atoms. The number of halogens is 1. The molecular weight excluding hydrogens is 179 g/mol. The molecule has 0 aliphatic heterocycles. The second-order valence-electron chi connectivity index (χ2n) is 4.14. The van der Waals surface area contributed by atoms with Gasteiger partial charge in [-0.1, -0.05) is 38.1 Å². The molecule has 1 N–H and O–H groups in total. The Balaban J connectivity index is 3.05. The molecule has 0 aliphatic carbocycles. The number of benzene rings is 1. The lowest BCUT2D eigenvalue weighted by Gasteiger charge is -2.19. The number of hydrogen-bond acceptors (Lipinski definition) is 1. The molecule has 0 fully saturated rings. The summed E-state index contributed by atoms with van der Waals surface area (Å²) in [5.41, 5.74) is 0.0104. The van der Waals surface area contributed by atoms with Crippen LogP contribution in [0, 0.1) is 0 Å². The summed E-state index contributed by atoms with van der Waals surface area (Å²) in [5, 5.41) is 8.90. The van der Waals surface area contributed by atoms with Crippen LogP contribution < -0.4 is 0 Å². The normalized spacial score (nSPS) is 15.6. The van der Waals surface area contributed by atoms with Gasteiger partial charge in [0.05, 0.1) is 6.61 Å². The Bertz CT molecular complexity index is 305. The van der Waals surface area contributed by atoms with Crippen molar-refractivity contribution in [3.63, 3.8) is 0 Å². The summed E-state index contributed by atoms with van der Waals surface area (Å²) in [6.45, 7) is 5.04. The van der Waals surface area contributed by atoms with Gasteiger partial charge in [-0.25, -0.2) is 4.39 Å². The lowest BCUT2D eigenvalue weighted by molar-refractivity contribution is 0.0867. The maximum atomic E-state index is 13.7. The molecule has 0 aromatic heterocycles. The molecule has 0 aliphatic rings. The quantitative estimate of drug-likeness (QED) is 0.788. The van der Waals surface area contributed by atoms with E-state index in [0.29, 0.717) is 11.5 Å². The highest BCUT2D eigenvalue weighted by molar-refractivity contribution is 5.29. The Morgan fingerprint density at radius 3 is 2.57 bits per heavy atom. The van der Waals surface area contributed by atoms with Crippen molar-refractivity contribution >= 4 is 0 Å². The van der Waals surface area contributed by atoms with Gasteiger partial charge in [0, 0.05) is 0 Å². The molecule has 1 aromatic rings. The van der Waals surface area contributed by atoms with Crippen LogP contribution in [-0.2, 0) is 5.67 Å². The standard InChI is InChI=1S/C12H17FO/c1-9(2)10-5-4-6-11(7-10)12(3,13)8-14/h4-7,9,14H,8H2,1-3H3. The zero-order valence-corrected chi connectivity index (χ0v) is 8.92. The van der Waals surface area contributed by atoms with Crippen molar-refractivity contribution in [2.75, 3.05) is 6.61 Å². The summed E-state index contributed by atoms with van der Waals surface area (Å²) < 4.78 is 13.7. The fraction of sp³-hybridized carbons (Fsp3) is 0.500. The highest BCUT2D eigenvalue weighted by atomic mass is 19.1. The molecule has 0 amide bonds. The number of aliphatic hydroxyl groups is 1. The van der Waals surface area contributed by atoms with E-state index in [2.05, 4.69) is 13.8 Å². The van der Waals surface area contributed by atoms with Gasteiger partial charge < -0.3 is 5.11 Å². The van der Waals surface area contributed by atoms with Gasteiger partial charge in [0.1, 0.15) is 0 Å². The Kier molecular flexibility index (Phi) is 3.27. The van der Waals surface area contributed by atoms with E-state index in [9.17, 15) is 4.39 Å². The highest BCUT2D eigenvalue weighted by Gasteiger charge is 2.24. The molecule has 0 saturated carbocycles. The third kappa shape index (κ3) is 2.32. The number of hydrogen-bond donors (Lipinski definition) is 1. The Labute approximate surface area is 84.6 Å². The van der Waals surface area contributed by atoms with E-state index in [4.69, 9.17) is 5.11 Å². The summed E-state index contributed by atoms with van der Waals surface area (Å²) in [6, 6.07) is 7.34. The monoisotopic (exact) mass is 196 g/mol. The molecule has 1 aromatic carbocycles. The number of rotatable bonds is 3. The van der Waals surface area contributed by atoms with Crippen LogP contribution in [0.1, 0.15) is 37.8 Å². The predicted octanol–water partition coefficient (Wildman–Crippen LogP) is 2.99. The van der Waals surface area contributed by atoms with E-state index in [1.807, 2.05) is 18.2 Å². The minimum absolute atomic E-state index is 0.379. The van der Waals surface area contributed by atoms with Crippen LogP contribution in [0.15, 0.2) is 24.3 Å². The molecule has 1 nitrogen and oxygen atoms in total. The van der Waals surface area contributed by atoms with E-state index >= 15 is 0 Å². The molecule has 0 spiro atoms. The second-order valence-corrected chi connectivity index (χ2v) is 4.14. The third-order valence-corrected chi connectivity index (χ3v) is 2.45. The van der Waals surface area contributed by atoms with Crippen LogP contribution >= 0.6 is 0 Å². The topological polar surface area (TPSA) is 20.2 Å². The fourth-order valence-electron chi connectivity index (χ4n) is 1.31. The summed E-state index contributed by atoms with van der Waals surface area (Å²) in [4.78, 5) is 0. The number of alkyl halides is 1. The van der Waals surface area contributed by atoms with Gasteiger partial charge in [-0.15, -0.1) is 0 Å². The molecular formula is C12H17FO. The van der Waals surface area contributed by atoms with Crippen LogP contribution in [-0.4, -0.2) is 11.7 Å². The van der Waals surface area contributed by atoms with Crippen molar-refractivity contribution in [2.45, 2.75) is 32.4 Å². The minimum Gasteiger partial charge on any atom is -0.393 e. The first-order valence-electron chi connectivity index (χ1n) is 4.87. The third-order valence-electron chi connectivity index (χ3n) is 2.45. The van der Waals surface area contributed by atoms with Crippen LogP contribution in [0.2, 0.25) is 0 Å². The van der Waals surface area contributed by atoms with E-state index in [-0.39, 0.29) is 0 Å². The average Bonchev–Trinajstić information content (AvgIpc) is 2.18. The molecule has 78 valence electrons. The molecule has 1 unspecified atom stereocenters. The summed E-state index contributed by atoms with van der Waals surface area (Å²) in [6.07, 6.45) is 0. The van der Waals surface area contributed by atoms with Crippen LogP contribution in [0.5, 0.6) is 0 Å². The maximum Gasteiger partial charge on any atom is 0.156 e. The summed E-state index contributed by atoms with van der Waals surface area (Å²) >= 11 is 0. The van der Waals surface area contributed by atoms with Gasteiger partial charge in [0.15, 0.2) is 5.67 Å². The zero-order chi connectivity index (χ0) is 10.8. The summed E-state index contributed by atoms with van der Waals surface area (Å²) in [5.74, 6) is 0.379. The van der Waals surface area contributed by atoms with E-state index in [1.54, 1.807) is 6.07 Å². The largest absolute Gasteiger partial charge is 0.393 e. The van der Waals surface area contributed by atoms with E-state index in [0.717, 1.165) is 5.56 Å². The Morgan fingerprint density at radius 1 is 1.43 bits per heavy atom. The van der Waals surface area contributed by atoms with Gasteiger partial charge >= 0.3 is 0 Å². The zero-order valence-electron chi connectivity index (χ0n) is 8.92. The SMILES string of the molecule is CC(C)c1cccc(C(C)(F)CO)c1. The molecule has 0 saturated heterocycles. The highest BCUT2D eigenvalue weighted by Crippen LogP contribution is 2.27. The lowest BCUT2D eigenvalue weighted by Crippen LogP contribution is -2.20. The van der Waals surface area contributed by atoms with Crippen molar-refractivity contribution in [1.82, 2.24) is 0 Å². The lowest BCUT2D eigenvalue weighted by atomic mass is 9.93. The fourth-order valence-corrected chi connectivity index (χ4v) is 1.31. The molecule has 0 bridgehead atoms. The van der Waals surface area contributed by atoms with E-state index < -0.39 is 12.3 Å². The second kappa shape index (κ2) is 4.09. The summed E-state index contributed by atoms with van der Waals surface area (Å²) in [7, 11) is 0. The number of aliphatic hydroxyl groups excluding tert-OH is 1. The van der Waals surface area contributed by atoms with Crippen molar-refractivity contribution in [3.8, 4) is 0 Å². The van der Waals surface area contributed by atoms with Crippen LogP contribution in [0.4, 0.5) is 4.39 Å². The maximum absolute atomic E-state index is 13.7. The van der Waals surface area contributed by atoms with Gasteiger partial charge in [0.2, 0.25) is 0 Å². The first-order valence-corrected chi connectivity index (χ1v) is 4.87. The van der Waals surface area contributed by atoms with Gasteiger partial charge in [0.25, 0.3) is 0 Å². The van der Waals surface area contributed by atoms with E-state index in [1.165, 1.54) is 6.92 Å². The predicted molar refractivity (Wildman–Crippen MR) is 56.1 cm³/mol. The smallest absolute Gasteiger partial charge is 0.156 e. The molecule has 2 heteroatoms.